The van der Waals surface area contributed by atoms with Gasteiger partial charge in [0.15, 0.2) is 6.10 Å². The molecule has 0 saturated carbocycles. The summed E-state index contributed by atoms with van der Waals surface area (Å²) in [6, 6.07) is 26.4. The van der Waals surface area contributed by atoms with Crippen molar-refractivity contribution in [2.45, 2.75) is 17.0 Å². The van der Waals surface area contributed by atoms with Gasteiger partial charge >= 0.3 is 0 Å². The lowest BCUT2D eigenvalue weighted by molar-refractivity contribution is -0.126. The highest BCUT2D eigenvalue weighted by Gasteiger charge is 2.60. The van der Waals surface area contributed by atoms with Crippen molar-refractivity contribution in [3.8, 4) is 0 Å². The minimum absolute atomic E-state index is 0.228. The summed E-state index contributed by atoms with van der Waals surface area (Å²) in [5.74, 6) is -1.16. The monoisotopic (exact) mass is 416 g/mol. The average molecular weight is 417 g/mol. The molecule has 3 atom stereocenters. The predicted octanol–water partition coefficient (Wildman–Crippen LogP) is 4.46. The molecule has 2 fully saturated rings. The van der Waals surface area contributed by atoms with Gasteiger partial charge < -0.3 is 0 Å². The maximum atomic E-state index is 13.5. The van der Waals surface area contributed by atoms with Gasteiger partial charge in [0, 0.05) is 4.90 Å². The van der Waals surface area contributed by atoms with E-state index in [0.717, 1.165) is 16.1 Å². The van der Waals surface area contributed by atoms with E-state index < -0.39 is 18.1 Å². The van der Waals surface area contributed by atoms with Gasteiger partial charge in [-0.05, 0) is 48.2 Å². The van der Waals surface area contributed by atoms with Crippen molar-refractivity contribution in [1.29, 1.82) is 0 Å². The number of nitrogens with zero attached hydrogens (tertiary/aromatic N) is 2. The number of fused-ring (bicyclic) bond motifs is 1. The smallest absolute Gasteiger partial charge is 0.266 e. The zero-order valence-electron chi connectivity index (χ0n) is 16.3. The summed E-state index contributed by atoms with van der Waals surface area (Å²) < 4.78 is 0. The van der Waals surface area contributed by atoms with Crippen LogP contribution in [0.5, 0.6) is 0 Å². The molecule has 2 amide bonds. The van der Waals surface area contributed by atoms with Crippen LogP contribution in [0.25, 0.3) is 0 Å². The van der Waals surface area contributed by atoms with Crippen molar-refractivity contribution in [3.05, 3.63) is 90.5 Å². The topological polar surface area (TPSA) is 49.9 Å². The van der Waals surface area contributed by atoms with Gasteiger partial charge in [-0.3, -0.25) is 14.4 Å². The van der Waals surface area contributed by atoms with Gasteiger partial charge in [0.05, 0.1) is 17.4 Å². The van der Waals surface area contributed by atoms with Crippen LogP contribution >= 0.6 is 11.8 Å². The van der Waals surface area contributed by atoms with Crippen molar-refractivity contribution < 1.29 is 14.4 Å². The van der Waals surface area contributed by atoms with Gasteiger partial charge in [-0.15, -0.1) is 11.8 Å². The molecule has 5 nitrogen and oxygen atoms in total. The number of hydroxylamine groups is 1. The molecule has 2 saturated heterocycles. The van der Waals surface area contributed by atoms with Crippen LogP contribution in [0.4, 0.5) is 11.4 Å². The molecule has 3 aromatic carbocycles. The van der Waals surface area contributed by atoms with Crippen molar-refractivity contribution in [2.75, 3.05) is 16.2 Å². The second kappa shape index (κ2) is 7.63. The summed E-state index contributed by atoms with van der Waals surface area (Å²) in [5.41, 5.74) is 2.34. The van der Waals surface area contributed by atoms with Crippen molar-refractivity contribution in [3.63, 3.8) is 0 Å². The Morgan fingerprint density at radius 3 is 1.97 bits per heavy atom. The molecule has 2 aliphatic rings. The largest absolute Gasteiger partial charge is 0.273 e. The molecule has 3 aromatic rings. The summed E-state index contributed by atoms with van der Waals surface area (Å²) in [4.78, 5) is 35.2. The van der Waals surface area contributed by atoms with Crippen molar-refractivity contribution in [1.82, 2.24) is 0 Å². The highest BCUT2D eigenvalue weighted by molar-refractivity contribution is 7.98. The highest BCUT2D eigenvalue weighted by atomic mass is 32.2. The lowest BCUT2D eigenvalue weighted by Gasteiger charge is -2.28. The van der Waals surface area contributed by atoms with E-state index in [9.17, 15) is 9.59 Å². The number of thioether (sulfide) groups is 1. The molecule has 0 unspecified atom stereocenters. The van der Waals surface area contributed by atoms with Crippen LogP contribution < -0.4 is 9.96 Å². The lowest BCUT2D eigenvalue weighted by atomic mass is 9.90. The molecular weight excluding hydrogens is 396 g/mol. The van der Waals surface area contributed by atoms with Gasteiger partial charge in [0.1, 0.15) is 5.92 Å². The number of amides is 2. The number of hydrogen-bond donors (Lipinski definition) is 0. The Morgan fingerprint density at radius 2 is 1.37 bits per heavy atom. The first-order valence-corrected chi connectivity index (χ1v) is 11.0. The first-order valence-electron chi connectivity index (χ1n) is 9.77. The Labute approximate surface area is 179 Å². The van der Waals surface area contributed by atoms with Gasteiger partial charge in [-0.25, -0.2) is 9.96 Å². The van der Waals surface area contributed by atoms with Gasteiger partial charge in [0.25, 0.3) is 5.91 Å². The molecule has 0 N–H and O–H groups in total. The summed E-state index contributed by atoms with van der Waals surface area (Å²) in [6.45, 7) is 0. The molecule has 6 heteroatoms. The first-order chi connectivity index (χ1) is 14.7. The van der Waals surface area contributed by atoms with Crippen LogP contribution in [0.1, 0.15) is 11.6 Å². The molecule has 0 spiro atoms. The summed E-state index contributed by atoms with van der Waals surface area (Å²) in [7, 11) is 0. The third-order valence-electron chi connectivity index (χ3n) is 5.60. The number of hydrogen-bond acceptors (Lipinski definition) is 5. The Kier molecular flexibility index (Phi) is 4.81. The summed E-state index contributed by atoms with van der Waals surface area (Å²) >= 11 is 1.66. The third-order valence-corrected chi connectivity index (χ3v) is 6.34. The fourth-order valence-electron chi connectivity index (χ4n) is 4.18. The zero-order chi connectivity index (χ0) is 20.7. The average Bonchev–Trinajstić information content (AvgIpc) is 3.31. The van der Waals surface area contributed by atoms with E-state index in [1.807, 2.05) is 79.1 Å². The minimum Gasteiger partial charge on any atom is -0.273 e. The van der Waals surface area contributed by atoms with Gasteiger partial charge in [-0.1, -0.05) is 48.5 Å². The van der Waals surface area contributed by atoms with Crippen LogP contribution in [0.2, 0.25) is 0 Å². The molecule has 30 heavy (non-hydrogen) atoms. The van der Waals surface area contributed by atoms with E-state index in [0.29, 0.717) is 5.69 Å². The summed E-state index contributed by atoms with van der Waals surface area (Å²) in [6.07, 6.45) is 1.18. The number of carbonyl (C=O) groups excluding carboxylic acids is 2. The number of imide groups is 1. The van der Waals surface area contributed by atoms with E-state index >= 15 is 0 Å². The Morgan fingerprint density at radius 1 is 0.767 bits per heavy atom. The standard InChI is InChI=1S/C24H20N2O3S/c1-30-19-14-12-16(13-15-19)21-20-22(29-26(21)18-10-6-3-7-11-18)24(28)25(23(20)27)17-8-4-2-5-9-17/h2-15,20-22H,1H3/t20-,21+,22+/m1/s1. The van der Waals surface area contributed by atoms with Gasteiger partial charge in [0.2, 0.25) is 5.91 Å². The maximum Gasteiger partial charge on any atom is 0.266 e. The van der Waals surface area contributed by atoms with E-state index in [4.69, 9.17) is 4.84 Å². The number of carbonyl (C=O) groups is 2. The highest BCUT2D eigenvalue weighted by Crippen LogP contribution is 2.47. The Bertz CT molecular complexity index is 1070. The molecule has 0 aromatic heterocycles. The Balaban J connectivity index is 1.58. The van der Waals surface area contributed by atoms with Crippen LogP contribution in [0.3, 0.4) is 0 Å². The number of para-hydroxylation sites is 2. The summed E-state index contributed by atoms with van der Waals surface area (Å²) in [5, 5.41) is 1.72. The van der Waals surface area contributed by atoms with Crippen LogP contribution in [-0.4, -0.2) is 24.2 Å². The van der Waals surface area contributed by atoms with Crippen LogP contribution in [0, 0.1) is 5.92 Å². The van der Waals surface area contributed by atoms with E-state index in [-0.39, 0.29) is 11.8 Å². The third kappa shape index (κ3) is 3.00. The number of rotatable bonds is 4. The maximum absolute atomic E-state index is 13.5. The molecule has 0 aliphatic carbocycles. The van der Waals surface area contributed by atoms with Crippen LogP contribution in [0.15, 0.2) is 89.8 Å². The van der Waals surface area contributed by atoms with E-state index in [1.165, 1.54) is 4.90 Å². The normalized spacial score (nSPS) is 23.2. The Hall–Kier alpha value is -3.09. The second-order valence-corrected chi connectivity index (χ2v) is 8.16. The van der Waals surface area contributed by atoms with E-state index in [2.05, 4.69) is 0 Å². The molecule has 5 rings (SSSR count). The number of benzene rings is 3. The molecule has 0 bridgehead atoms. The zero-order valence-corrected chi connectivity index (χ0v) is 17.2. The fourth-order valence-corrected chi connectivity index (χ4v) is 4.59. The van der Waals surface area contributed by atoms with Crippen LogP contribution in [-0.2, 0) is 14.4 Å². The SMILES string of the molecule is CSc1ccc([C@H]2[C@H]3C(=O)N(c4ccccc4)C(=O)[C@H]3ON2c2ccccc2)cc1. The van der Waals surface area contributed by atoms with Gasteiger partial charge in [-0.2, -0.15) is 0 Å². The minimum atomic E-state index is -0.844. The number of anilines is 2. The predicted molar refractivity (Wildman–Crippen MR) is 117 cm³/mol. The molecule has 2 aliphatic heterocycles. The molecule has 2 heterocycles. The van der Waals surface area contributed by atoms with Crippen molar-refractivity contribution in [2.24, 2.45) is 5.92 Å². The fraction of sp³-hybridized carbons (Fsp3) is 0.167. The molecular formula is C24H20N2O3S. The second-order valence-electron chi connectivity index (χ2n) is 7.28. The molecule has 150 valence electrons. The quantitative estimate of drug-likeness (QED) is 0.464. The van der Waals surface area contributed by atoms with E-state index in [1.54, 1.807) is 29.0 Å². The van der Waals surface area contributed by atoms with Crippen molar-refractivity contribution >= 4 is 35.0 Å². The molecule has 0 radical (unpaired) electrons. The lowest BCUT2D eigenvalue weighted by Crippen LogP contribution is -2.37. The first kappa shape index (κ1) is 18.9.